The molecule has 324 valence electrons. The first kappa shape index (κ1) is 42.2. The number of rotatable bonds is 6. The first-order valence-corrected chi connectivity index (χ1v) is 23.8. The fourth-order valence-corrected chi connectivity index (χ4v) is 11.1. The van der Waals surface area contributed by atoms with Crippen molar-refractivity contribution in [3.63, 3.8) is 0 Å². The summed E-state index contributed by atoms with van der Waals surface area (Å²) in [5, 5.41) is 30.2. The van der Waals surface area contributed by atoms with Crippen LogP contribution in [0.2, 0.25) is 0 Å². The third-order valence-electron chi connectivity index (χ3n) is 13.3. The fourth-order valence-electron chi connectivity index (χ4n) is 9.75. The van der Waals surface area contributed by atoms with Crippen LogP contribution in [0.25, 0.3) is 66.6 Å². The number of nitrogens with one attached hydrogen (secondary N) is 3. The van der Waals surface area contributed by atoms with E-state index in [4.69, 9.17) is 30.8 Å². The predicted octanol–water partition coefficient (Wildman–Crippen LogP) is 13.7. The van der Waals surface area contributed by atoms with E-state index in [2.05, 4.69) is 118 Å². The standard InChI is InChI=1S/C57H44N8S2/c1-56(2)40-14-8-6-12-36(40)38-26-22-34(30-42(38)56)44-16-10-18-46(62-44)52(58)66-53(59)47-28-24-32-20-21-33-25-29-48(65-51(33)50(32)64-47)54(60)67-55(61-5)49-19-11-17-45(63-49)35-23-27-39-37-13-7-9-15-41(37)57(3,4)43(39)31-35/h6-31,58-60H,1-5H3. The van der Waals surface area contributed by atoms with Crippen LogP contribution >= 0.6 is 23.5 Å². The van der Waals surface area contributed by atoms with Crippen LogP contribution in [0, 0.1) is 16.2 Å². The smallest absolute Gasteiger partial charge is 0.122 e. The van der Waals surface area contributed by atoms with Gasteiger partial charge in [-0.05, 0) is 117 Å². The zero-order valence-electron chi connectivity index (χ0n) is 37.6. The molecule has 8 nitrogen and oxygen atoms in total. The minimum absolute atomic E-state index is 0.123. The highest BCUT2D eigenvalue weighted by Gasteiger charge is 2.36. The first-order valence-electron chi connectivity index (χ1n) is 22.1. The number of hydrogen-bond acceptors (Lipinski definition) is 10. The van der Waals surface area contributed by atoms with E-state index in [0.29, 0.717) is 38.9 Å². The molecule has 0 amide bonds. The molecule has 11 rings (SSSR count). The van der Waals surface area contributed by atoms with Crippen molar-refractivity contribution >= 4 is 65.5 Å². The Kier molecular flexibility index (Phi) is 10.2. The molecule has 0 spiro atoms. The number of benzene rings is 5. The van der Waals surface area contributed by atoms with E-state index in [1.165, 1.54) is 56.3 Å². The molecule has 10 heteroatoms. The van der Waals surface area contributed by atoms with Crippen molar-refractivity contribution in [1.29, 1.82) is 16.2 Å². The Bertz CT molecular complexity index is 3630. The Balaban J connectivity index is 0.819. The van der Waals surface area contributed by atoms with Gasteiger partial charge in [-0.25, -0.2) is 19.9 Å². The van der Waals surface area contributed by atoms with Gasteiger partial charge in [-0.3, -0.25) is 21.2 Å². The Hall–Kier alpha value is -7.40. The quantitative estimate of drug-likeness (QED) is 0.0864. The maximum Gasteiger partial charge on any atom is 0.122 e. The van der Waals surface area contributed by atoms with E-state index >= 15 is 0 Å². The summed E-state index contributed by atoms with van der Waals surface area (Å²) in [6.07, 6.45) is 0. The van der Waals surface area contributed by atoms with Gasteiger partial charge in [0.1, 0.15) is 20.2 Å². The molecule has 2 aliphatic carbocycles. The van der Waals surface area contributed by atoms with E-state index in [9.17, 15) is 5.41 Å². The van der Waals surface area contributed by atoms with Gasteiger partial charge >= 0.3 is 0 Å². The van der Waals surface area contributed by atoms with Crippen molar-refractivity contribution in [1.82, 2.24) is 19.9 Å². The van der Waals surface area contributed by atoms with E-state index in [1.807, 2.05) is 66.7 Å². The van der Waals surface area contributed by atoms with Crippen molar-refractivity contribution < 1.29 is 0 Å². The van der Waals surface area contributed by atoms with Crippen LogP contribution in [0.4, 0.5) is 0 Å². The van der Waals surface area contributed by atoms with Gasteiger partial charge in [0.15, 0.2) is 0 Å². The van der Waals surface area contributed by atoms with Crippen LogP contribution in [0.5, 0.6) is 0 Å². The lowest BCUT2D eigenvalue weighted by atomic mass is 9.82. The zero-order chi connectivity index (χ0) is 46.2. The molecule has 5 aromatic carbocycles. The second-order valence-electron chi connectivity index (χ2n) is 18.0. The van der Waals surface area contributed by atoms with Crippen molar-refractivity contribution in [3.8, 4) is 44.8 Å². The van der Waals surface area contributed by atoms with E-state index < -0.39 is 0 Å². The Labute approximate surface area is 397 Å². The van der Waals surface area contributed by atoms with Gasteiger partial charge in [0.2, 0.25) is 0 Å². The molecule has 4 aromatic heterocycles. The molecule has 3 N–H and O–H groups in total. The highest BCUT2D eigenvalue weighted by atomic mass is 32.2. The number of nitrogens with zero attached hydrogens (tertiary/aromatic N) is 5. The molecular formula is C57H44N8S2. The third kappa shape index (κ3) is 7.19. The molecule has 9 aromatic rings. The summed E-state index contributed by atoms with van der Waals surface area (Å²) in [7, 11) is 1.72. The molecular weight excluding hydrogens is 861 g/mol. The van der Waals surface area contributed by atoms with Gasteiger partial charge in [0, 0.05) is 39.8 Å². The fraction of sp³-hybridized carbons (Fsp3) is 0.123. The minimum atomic E-state index is -0.136. The number of aliphatic imine (C=N–C) groups is 1. The average molecular weight is 905 g/mol. The van der Waals surface area contributed by atoms with Crippen molar-refractivity contribution in [3.05, 3.63) is 203 Å². The van der Waals surface area contributed by atoms with Crippen LogP contribution in [0.15, 0.2) is 163 Å². The van der Waals surface area contributed by atoms with Gasteiger partial charge in [-0.15, -0.1) is 0 Å². The van der Waals surface area contributed by atoms with Gasteiger partial charge in [0.25, 0.3) is 0 Å². The van der Waals surface area contributed by atoms with Crippen molar-refractivity contribution in [2.75, 3.05) is 7.05 Å². The Morgan fingerprint density at radius 2 is 0.836 bits per heavy atom. The number of hydrogen-bond donors (Lipinski definition) is 3. The van der Waals surface area contributed by atoms with Crippen LogP contribution < -0.4 is 0 Å². The van der Waals surface area contributed by atoms with E-state index in [1.54, 1.807) is 13.1 Å². The Morgan fingerprint density at radius 1 is 0.418 bits per heavy atom. The van der Waals surface area contributed by atoms with Gasteiger partial charge < -0.3 is 0 Å². The summed E-state index contributed by atoms with van der Waals surface area (Å²) in [6, 6.07) is 53.5. The highest BCUT2D eigenvalue weighted by molar-refractivity contribution is 8.27. The topological polar surface area (TPSA) is 135 Å². The third-order valence-corrected chi connectivity index (χ3v) is 15.1. The first-order chi connectivity index (χ1) is 32.4. The SMILES string of the molecule is CN=C(SC(=N)c1ccc2ccc3ccc(C(=N)SC(=N)c4cccc(-c5ccc6c(c5)C(C)(C)c5ccccc5-6)n4)nc3c2n1)c1cccc(-c2ccc3c(c2)C(C)(C)c2ccccc2-3)n1. The average Bonchev–Trinajstić information content (AvgIpc) is 3.73. The molecule has 0 saturated carbocycles. The highest BCUT2D eigenvalue weighted by Crippen LogP contribution is 2.51. The van der Waals surface area contributed by atoms with Crippen molar-refractivity contribution in [2.24, 2.45) is 4.99 Å². The molecule has 0 bridgehead atoms. The normalized spacial score (nSPS) is 14.1. The number of thioether (sulfide) groups is 2. The number of pyridine rings is 4. The van der Waals surface area contributed by atoms with Crippen LogP contribution in [0.3, 0.4) is 0 Å². The monoisotopic (exact) mass is 904 g/mol. The Morgan fingerprint density at radius 3 is 1.34 bits per heavy atom. The van der Waals surface area contributed by atoms with Crippen LogP contribution in [-0.4, -0.2) is 47.2 Å². The van der Waals surface area contributed by atoms with Crippen LogP contribution in [0.1, 0.15) is 72.7 Å². The number of aromatic nitrogens is 4. The molecule has 0 aliphatic heterocycles. The summed E-state index contributed by atoms with van der Waals surface area (Å²) in [6.45, 7) is 9.08. The van der Waals surface area contributed by atoms with Gasteiger partial charge in [-0.2, -0.15) is 0 Å². The van der Waals surface area contributed by atoms with E-state index in [0.717, 1.165) is 45.0 Å². The predicted molar refractivity (Wildman–Crippen MR) is 280 cm³/mol. The molecule has 0 fully saturated rings. The largest absolute Gasteiger partial charge is 0.292 e. The lowest BCUT2D eigenvalue weighted by molar-refractivity contribution is 0.660. The lowest BCUT2D eigenvalue weighted by Gasteiger charge is -2.22. The minimum Gasteiger partial charge on any atom is -0.292 e. The molecule has 0 radical (unpaired) electrons. The summed E-state index contributed by atoms with van der Waals surface area (Å²) in [5.41, 5.74) is 16.9. The molecule has 4 heterocycles. The summed E-state index contributed by atoms with van der Waals surface area (Å²) < 4.78 is 0. The summed E-state index contributed by atoms with van der Waals surface area (Å²) in [4.78, 5) is 24.5. The molecule has 0 unspecified atom stereocenters. The molecule has 0 saturated heterocycles. The number of fused-ring (bicyclic) bond motifs is 9. The summed E-state index contributed by atoms with van der Waals surface area (Å²) >= 11 is 2.23. The second-order valence-corrected chi connectivity index (χ2v) is 20.0. The maximum absolute atomic E-state index is 9.23. The summed E-state index contributed by atoms with van der Waals surface area (Å²) in [5.74, 6) is 0. The second kappa shape index (κ2) is 16.2. The van der Waals surface area contributed by atoms with E-state index in [-0.39, 0.29) is 26.0 Å². The van der Waals surface area contributed by atoms with Gasteiger partial charge in [-0.1, -0.05) is 137 Å². The van der Waals surface area contributed by atoms with Crippen molar-refractivity contribution in [2.45, 2.75) is 38.5 Å². The lowest BCUT2D eigenvalue weighted by Crippen LogP contribution is -2.15. The zero-order valence-corrected chi connectivity index (χ0v) is 39.2. The van der Waals surface area contributed by atoms with Crippen LogP contribution in [-0.2, 0) is 10.8 Å². The molecule has 0 atom stereocenters. The molecule has 67 heavy (non-hydrogen) atoms. The van der Waals surface area contributed by atoms with Gasteiger partial charge in [0.05, 0.1) is 45.2 Å². The molecule has 2 aliphatic rings. The maximum atomic E-state index is 9.23.